The fraction of sp³-hybridized carbons (Fsp3) is 0.571. The zero-order valence-electron chi connectivity index (χ0n) is 18.0. The molecule has 0 spiro atoms. The Morgan fingerprint density at radius 2 is 2.13 bits per heavy atom. The lowest BCUT2D eigenvalue weighted by Gasteiger charge is -2.31. The van der Waals surface area contributed by atoms with Crippen molar-refractivity contribution < 1.29 is 27.4 Å². The lowest BCUT2D eigenvalue weighted by Crippen LogP contribution is -2.52. The van der Waals surface area contributed by atoms with Crippen LogP contribution in [0.3, 0.4) is 0 Å². The molecule has 10 heteroatoms. The molecule has 2 N–H and O–H groups in total. The van der Waals surface area contributed by atoms with Crippen molar-refractivity contribution in [3.05, 3.63) is 41.7 Å². The molecule has 1 fully saturated rings. The average molecular weight is 456 g/mol. The third-order valence-electron chi connectivity index (χ3n) is 5.95. The number of rotatable bonds is 7. The summed E-state index contributed by atoms with van der Waals surface area (Å²) in [5.41, 5.74) is 1.93. The first-order chi connectivity index (χ1) is 14.6. The summed E-state index contributed by atoms with van der Waals surface area (Å²) in [6.07, 6.45) is 3.30. The highest BCUT2D eigenvalue weighted by Crippen LogP contribution is 2.30. The van der Waals surface area contributed by atoms with Gasteiger partial charge in [-0.2, -0.15) is 17.4 Å². The third kappa shape index (κ3) is 5.62. The summed E-state index contributed by atoms with van der Waals surface area (Å²) in [7, 11) is -0.859. The zero-order valence-corrected chi connectivity index (χ0v) is 18.8. The number of hydrogen-bond donors (Lipinski definition) is 2. The second kappa shape index (κ2) is 9.64. The molecule has 1 saturated heterocycles. The van der Waals surface area contributed by atoms with Gasteiger partial charge in [0.15, 0.2) is 0 Å². The van der Waals surface area contributed by atoms with Crippen molar-refractivity contribution in [1.82, 2.24) is 13.9 Å². The van der Waals surface area contributed by atoms with E-state index in [2.05, 4.69) is 4.72 Å². The molecule has 1 aromatic rings. The van der Waals surface area contributed by atoms with E-state index < -0.39 is 28.4 Å². The Hall–Kier alpha value is -2.01. The molecule has 2 aliphatic rings. The minimum absolute atomic E-state index is 0.102. The molecule has 0 saturated carbocycles. The lowest BCUT2D eigenvalue weighted by atomic mass is 9.92. The van der Waals surface area contributed by atoms with Crippen LogP contribution < -0.4 is 4.72 Å². The van der Waals surface area contributed by atoms with Gasteiger partial charge in [0.1, 0.15) is 5.82 Å². The highest BCUT2D eigenvalue weighted by Gasteiger charge is 2.44. The van der Waals surface area contributed by atoms with E-state index in [4.69, 9.17) is 4.74 Å². The van der Waals surface area contributed by atoms with Crippen molar-refractivity contribution in [2.24, 2.45) is 0 Å². The summed E-state index contributed by atoms with van der Waals surface area (Å²) < 4.78 is 47.8. The molecule has 1 heterocycles. The Bertz CT molecular complexity index is 937. The standard InChI is InChI=1S/C21H30FN3O5S/c1-14-11-19(23-31(28,29)24(2)3)20(25(14)21(26)27)13-30-18-9-7-15(8-10-18)16-5-4-6-17(22)12-16/h4-7,12,14,18-20,23H,8-11,13H2,1-3H3,(H,26,27)/t14?,18-,19?,20?/m1/s1. The van der Waals surface area contributed by atoms with Crippen molar-refractivity contribution >= 4 is 21.9 Å². The fourth-order valence-electron chi connectivity index (χ4n) is 4.26. The monoisotopic (exact) mass is 455 g/mol. The number of benzene rings is 1. The number of likely N-dealkylation sites (tertiary alicyclic amines) is 1. The van der Waals surface area contributed by atoms with Gasteiger partial charge >= 0.3 is 6.09 Å². The van der Waals surface area contributed by atoms with Gasteiger partial charge in [-0.05, 0) is 55.9 Å². The van der Waals surface area contributed by atoms with Gasteiger partial charge in [0.05, 0.1) is 18.8 Å². The van der Waals surface area contributed by atoms with Gasteiger partial charge in [-0.1, -0.05) is 18.2 Å². The number of nitrogens with one attached hydrogen (secondary N) is 1. The first kappa shape index (κ1) is 23.6. The predicted octanol–water partition coefficient (Wildman–Crippen LogP) is 2.68. The Kier molecular flexibility index (Phi) is 7.35. The van der Waals surface area contributed by atoms with Crippen LogP contribution >= 0.6 is 0 Å². The lowest BCUT2D eigenvalue weighted by molar-refractivity contribution is 0.00890. The largest absolute Gasteiger partial charge is 0.465 e. The highest BCUT2D eigenvalue weighted by atomic mass is 32.2. The molecule has 3 unspecified atom stereocenters. The third-order valence-corrected chi connectivity index (χ3v) is 7.52. The van der Waals surface area contributed by atoms with E-state index in [0.29, 0.717) is 12.8 Å². The average Bonchev–Trinajstić information content (AvgIpc) is 3.01. The van der Waals surface area contributed by atoms with Crippen molar-refractivity contribution in [2.75, 3.05) is 20.7 Å². The van der Waals surface area contributed by atoms with E-state index in [0.717, 1.165) is 28.3 Å². The molecule has 31 heavy (non-hydrogen) atoms. The van der Waals surface area contributed by atoms with Crippen LogP contribution in [0.4, 0.5) is 9.18 Å². The summed E-state index contributed by atoms with van der Waals surface area (Å²) in [5, 5.41) is 9.64. The number of amides is 1. The molecular weight excluding hydrogens is 425 g/mol. The van der Waals surface area contributed by atoms with Crippen LogP contribution in [-0.4, -0.2) is 73.8 Å². The van der Waals surface area contributed by atoms with Gasteiger partial charge in [0.25, 0.3) is 10.2 Å². The predicted molar refractivity (Wildman–Crippen MR) is 115 cm³/mol. The van der Waals surface area contributed by atoms with Crippen LogP contribution in [0.15, 0.2) is 30.3 Å². The van der Waals surface area contributed by atoms with Crippen LogP contribution in [0.5, 0.6) is 0 Å². The maximum Gasteiger partial charge on any atom is 0.407 e. The highest BCUT2D eigenvalue weighted by molar-refractivity contribution is 7.87. The van der Waals surface area contributed by atoms with Gasteiger partial charge in [0.2, 0.25) is 0 Å². The Balaban J connectivity index is 1.65. The van der Waals surface area contributed by atoms with E-state index in [9.17, 15) is 22.7 Å². The normalized spacial score (nSPS) is 26.9. The maximum atomic E-state index is 13.5. The molecule has 3 rings (SSSR count). The first-order valence-corrected chi connectivity index (χ1v) is 11.8. The molecule has 172 valence electrons. The molecule has 1 amide bonds. The minimum atomic E-state index is -3.70. The molecule has 4 atom stereocenters. The van der Waals surface area contributed by atoms with Gasteiger partial charge in [-0.15, -0.1) is 0 Å². The van der Waals surface area contributed by atoms with Crippen LogP contribution in [-0.2, 0) is 14.9 Å². The smallest absolute Gasteiger partial charge is 0.407 e. The molecule has 0 radical (unpaired) electrons. The van der Waals surface area contributed by atoms with Crippen molar-refractivity contribution in [2.45, 2.75) is 56.8 Å². The van der Waals surface area contributed by atoms with E-state index >= 15 is 0 Å². The minimum Gasteiger partial charge on any atom is -0.465 e. The topological polar surface area (TPSA) is 99.2 Å². The number of nitrogens with zero attached hydrogens (tertiary/aromatic N) is 2. The molecule has 1 aliphatic heterocycles. The Morgan fingerprint density at radius 1 is 1.39 bits per heavy atom. The quantitative estimate of drug-likeness (QED) is 0.659. The van der Waals surface area contributed by atoms with Crippen molar-refractivity contribution in [3.63, 3.8) is 0 Å². The van der Waals surface area contributed by atoms with Crippen molar-refractivity contribution in [1.29, 1.82) is 0 Å². The fourth-order valence-corrected chi connectivity index (χ4v) is 5.10. The molecule has 0 bridgehead atoms. The van der Waals surface area contributed by atoms with Crippen LogP contribution in [0.2, 0.25) is 0 Å². The summed E-state index contributed by atoms with van der Waals surface area (Å²) in [6, 6.07) is 4.98. The summed E-state index contributed by atoms with van der Waals surface area (Å²) in [5.74, 6) is -0.271. The van der Waals surface area contributed by atoms with E-state index in [1.807, 2.05) is 12.1 Å². The summed E-state index contributed by atoms with van der Waals surface area (Å²) in [4.78, 5) is 13.1. The molecule has 1 aliphatic carbocycles. The number of ether oxygens (including phenoxy) is 1. The molecule has 0 aromatic heterocycles. The van der Waals surface area contributed by atoms with Gasteiger partial charge in [0, 0.05) is 26.2 Å². The number of hydrogen-bond acceptors (Lipinski definition) is 4. The maximum absolute atomic E-state index is 13.5. The number of halogens is 1. The van der Waals surface area contributed by atoms with Gasteiger partial charge in [-0.3, -0.25) is 4.90 Å². The van der Waals surface area contributed by atoms with Crippen LogP contribution in [0.1, 0.15) is 38.2 Å². The summed E-state index contributed by atoms with van der Waals surface area (Å²) in [6.45, 7) is 1.87. The van der Waals surface area contributed by atoms with Gasteiger partial charge < -0.3 is 9.84 Å². The number of allylic oxidation sites excluding steroid dienone is 1. The molecule has 8 nitrogen and oxygen atoms in total. The van der Waals surface area contributed by atoms with Crippen LogP contribution in [0, 0.1) is 5.82 Å². The van der Waals surface area contributed by atoms with E-state index in [1.54, 1.807) is 13.0 Å². The van der Waals surface area contributed by atoms with Crippen LogP contribution in [0.25, 0.3) is 5.57 Å². The van der Waals surface area contributed by atoms with Crippen molar-refractivity contribution in [3.8, 4) is 0 Å². The zero-order chi connectivity index (χ0) is 22.8. The molecular formula is C21H30FN3O5S. The second-order valence-corrected chi connectivity index (χ2v) is 10.2. The number of carboxylic acid groups (broad SMARTS) is 1. The van der Waals surface area contributed by atoms with E-state index in [1.165, 1.54) is 31.1 Å². The second-order valence-electron chi connectivity index (χ2n) is 8.32. The van der Waals surface area contributed by atoms with Gasteiger partial charge in [-0.25, -0.2) is 9.18 Å². The number of carbonyl (C=O) groups is 1. The Morgan fingerprint density at radius 3 is 2.71 bits per heavy atom. The first-order valence-electron chi connectivity index (χ1n) is 10.4. The molecule has 1 aromatic carbocycles. The Labute approximate surface area is 182 Å². The summed E-state index contributed by atoms with van der Waals surface area (Å²) >= 11 is 0. The SMILES string of the molecule is CC1CC(NS(=O)(=O)N(C)C)C(CO[C@@H]2CC=C(c3cccc(F)c3)CC2)N1C(=O)O. The van der Waals surface area contributed by atoms with E-state index in [-0.39, 0.29) is 24.6 Å².